The summed E-state index contributed by atoms with van der Waals surface area (Å²) in [7, 11) is 0. The van der Waals surface area contributed by atoms with Gasteiger partial charge < -0.3 is 9.84 Å². The first kappa shape index (κ1) is 11.7. The second-order valence-corrected chi connectivity index (χ2v) is 3.35. The Kier molecular flexibility index (Phi) is 4.77. The number of hydrogen-bond donors (Lipinski definition) is 1. The van der Waals surface area contributed by atoms with Crippen LogP contribution in [0.2, 0.25) is 0 Å². The Balaban J connectivity index is 2.19. The van der Waals surface area contributed by atoms with Crippen molar-refractivity contribution in [2.24, 2.45) is 0 Å². The lowest BCUT2D eigenvalue weighted by Crippen LogP contribution is -2.15. The summed E-state index contributed by atoms with van der Waals surface area (Å²) in [5, 5.41) is 8.51. The molecule has 0 aliphatic heterocycles. The lowest BCUT2D eigenvalue weighted by molar-refractivity contribution is -0.139. The second kappa shape index (κ2) is 6.14. The van der Waals surface area contributed by atoms with Crippen molar-refractivity contribution in [2.75, 3.05) is 6.61 Å². The van der Waals surface area contributed by atoms with Crippen LogP contribution in [0.4, 0.5) is 0 Å². The van der Waals surface area contributed by atoms with Crippen LogP contribution in [0.1, 0.15) is 19.0 Å². The topological polar surface area (TPSA) is 59.4 Å². The molecule has 1 aromatic heterocycles. The van der Waals surface area contributed by atoms with E-state index in [2.05, 4.69) is 4.98 Å². The number of carbonyl (C=O) groups is 1. The fraction of sp³-hybridized carbons (Fsp3) is 0.455. The van der Waals surface area contributed by atoms with Gasteiger partial charge >= 0.3 is 5.97 Å². The second-order valence-electron chi connectivity index (χ2n) is 3.35. The highest BCUT2D eigenvalue weighted by Gasteiger charge is 2.07. The van der Waals surface area contributed by atoms with Gasteiger partial charge in [0.1, 0.15) is 0 Å². The maximum Gasteiger partial charge on any atom is 0.305 e. The van der Waals surface area contributed by atoms with Crippen LogP contribution in [0.15, 0.2) is 24.4 Å². The Labute approximate surface area is 88.9 Å². The third-order valence-electron chi connectivity index (χ3n) is 1.95. The Morgan fingerprint density at radius 3 is 3.00 bits per heavy atom. The number of ether oxygens (including phenoxy) is 1. The van der Waals surface area contributed by atoms with E-state index in [1.807, 2.05) is 18.2 Å². The van der Waals surface area contributed by atoms with Gasteiger partial charge in [-0.3, -0.25) is 9.78 Å². The summed E-state index contributed by atoms with van der Waals surface area (Å²) >= 11 is 0. The van der Waals surface area contributed by atoms with Gasteiger partial charge in [-0.05, 0) is 19.1 Å². The van der Waals surface area contributed by atoms with Crippen molar-refractivity contribution in [1.82, 2.24) is 4.98 Å². The molecule has 4 nitrogen and oxygen atoms in total. The molecule has 0 saturated heterocycles. The highest BCUT2D eigenvalue weighted by Crippen LogP contribution is 2.00. The third-order valence-corrected chi connectivity index (χ3v) is 1.95. The van der Waals surface area contributed by atoms with Crippen molar-refractivity contribution < 1.29 is 14.6 Å². The van der Waals surface area contributed by atoms with Crippen LogP contribution in [0.3, 0.4) is 0 Å². The van der Waals surface area contributed by atoms with Gasteiger partial charge in [-0.25, -0.2) is 0 Å². The average molecular weight is 209 g/mol. The molecular formula is C11H15NO3. The van der Waals surface area contributed by atoms with E-state index in [-0.39, 0.29) is 12.5 Å². The first-order chi connectivity index (χ1) is 7.18. The number of hydrogen-bond acceptors (Lipinski definition) is 3. The summed E-state index contributed by atoms with van der Waals surface area (Å²) < 4.78 is 5.34. The number of rotatable bonds is 6. The standard InChI is InChI=1S/C11H15NO3/c1-9(8-11(13)14)15-7-5-10-4-2-3-6-12-10/h2-4,6,9H,5,7-8H2,1H3,(H,13,14)/t9-/m0/s1. The molecule has 0 bridgehead atoms. The lowest BCUT2D eigenvalue weighted by atomic mass is 10.2. The zero-order valence-corrected chi connectivity index (χ0v) is 8.72. The summed E-state index contributed by atoms with van der Waals surface area (Å²) in [6.45, 7) is 2.26. The van der Waals surface area contributed by atoms with Crippen LogP contribution >= 0.6 is 0 Å². The minimum absolute atomic E-state index is 0.0439. The zero-order valence-electron chi connectivity index (χ0n) is 8.72. The van der Waals surface area contributed by atoms with Gasteiger partial charge in [0, 0.05) is 18.3 Å². The maximum absolute atomic E-state index is 10.4. The van der Waals surface area contributed by atoms with Gasteiger partial charge in [-0.2, -0.15) is 0 Å². The van der Waals surface area contributed by atoms with E-state index < -0.39 is 5.97 Å². The molecule has 1 atom stereocenters. The quantitative estimate of drug-likeness (QED) is 0.771. The van der Waals surface area contributed by atoms with Crippen LogP contribution in [-0.4, -0.2) is 28.8 Å². The predicted molar refractivity (Wildman–Crippen MR) is 55.6 cm³/mol. The lowest BCUT2D eigenvalue weighted by Gasteiger charge is -2.09. The van der Waals surface area contributed by atoms with Crippen LogP contribution in [0, 0.1) is 0 Å². The van der Waals surface area contributed by atoms with E-state index in [9.17, 15) is 4.79 Å². The van der Waals surface area contributed by atoms with Gasteiger partial charge in [-0.1, -0.05) is 6.07 Å². The number of nitrogens with zero attached hydrogens (tertiary/aromatic N) is 1. The molecule has 0 fully saturated rings. The Morgan fingerprint density at radius 1 is 1.60 bits per heavy atom. The molecule has 0 aliphatic rings. The third kappa shape index (κ3) is 5.12. The number of pyridine rings is 1. The monoisotopic (exact) mass is 209 g/mol. The minimum Gasteiger partial charge on any atom is -0.481 e. The fourth-order valence-corrected chi connectivity index (χ4v) is 1.22. The van der Waals surface area contributed by atoms with Gasteiger partial charge in [0.05, 0.1) is 19.1 Å². The van der Waals surface area contributed by atoms with Crippen molar-refractivity contribution in [2.45, 2.75) is 25.9 Å². The zero-order chi connectivity index (χ0) is 11.1. The van der Waals surface area contributed by atoms with Crippen LogP contribution in [0.25, 0.3) is 0 Å². The summed E-state index contributed by atoms with van der Waals surface area (Å²) in [6.07, 6.45) is 2.24. The SMILES string of the molecule is C[C@@H](CC(=O)O)OCCc1ccccn1. The summed E-state index contributed by atoms with van der Waals surface area (Å²) in [6, 6.07) is 5.70. The van der Waals surface area contributed by atoms with Crippen LogP contribution in [0.5, 0.6) is 0 Å². The van der Waals surface area contributed by atoms with E-state index in [1.165, 1.54) is 0 Å². The molecule has 0 radical (unpaired) electrons. The van der Waals surface area contributed by atoms with Crippen molar-refractivity contribution in [3.05, 3.63) is 30.1 Å². The first-order valence-electron chi connectivity index (χ1n) is 4.92. The van der Waals surface area contributed by atoms with Crippen molar-refractivity contribution in [3.63, 3.8) is 0 Å². The molecule has 1 rings (SSSR count). The number of carboxylic acids is 1. The van der Waals surface area contributed by atoms with Gasteiger partial charge in [0.15, 0.2) is 0 Å². The highest BCUT2D eigenvalue weighted by molar-refractivity contribution is 5.67. The van der Waals surface area contributed by atoms with Gasteiger partial charge in [-0.15, -0.1) is 0 Å². The smallest absolute Gasteiger partial charge is 0.305 e. The van der Waals surface area contributed by atoms with Crippen LogP contribution in [-0.2, 0) is 16.0 Å². The maximum atomic E-state index is 10.4. The largest absolute Gasteiger partial charge is 0.481 e. The molecule has 1 aromatic rings. The summed E-state index contributed by atoms with van der Waals surface area (Å²) in [5.41, 5.74) is 0.958. The van der Waals surface area contributed by atoms with Gasteiger partial charge in [0.2, 0.25) is 0 Å². The van der Waals surface area contributed by atoms with E-state index >= 15 is 0 Å². The molecular weight excluding hydrogens is 194 g/mol. The molecule has 0 saturated carbocycles. The summed E-state index contributed by atoms with van der Waals surface area (Å²) in [4.78, 5) is 14.5. The molecule has 4 heteroatoms. The highest BCUT2D eigenvalue weighted by atomic mass is 16.5. The van der Waals surface area contributed by atoms with Crippen molar-refractivity contribution in [3.8, 4) is 0 Å². The Bertz CT molecular complexity index is 300. The summed E-state index contributed by atoms with van der Waals surface area (Å²) in [5.74, 6) is -0.833. The predicted octanol–water partition coefficient (Wildman–Crippen LogP) is 1.50. The van der Waals surface area contributed by atoms with Crippen LogP contribution < -0.4 is 0 Å². The Hall–Kier alpha value is -1.42. The molecule has 1 heterocycles. The van der Waals surface area contributed by atoms with E-state index in [0.717, 1.165) is 5.69 Å². The number of aromatic nitrogens is 1. The molecule has 0 amide bonds. The number of aliphatic carboxylic acids is 1. The first-order valence-corrected chi connectivity index (χ1v) is 4.92. The van der Waals surface area contributed by atoms with Crippen molar-refractivity contribution in [1.29, 1.82) is 0 Å². The fourth-order valence-electron chi connectivity index (χ4n) is 1.22. The van der Waals surface area contributed by atoms with E-state index in [0.29, 0.717) is 13.0 Å². The van der Waals surface area contributed by atoms with E-state index in [1.54, 1.807) is 13.1 Å². The molecule has 0 aliphatic carbocycles. The van der Waals surface area contributed by atoms with Gasteiger partial charge in [0.25, 0.3) is 0 Å². The van der Waals surface area contributed by atoms with Crippen molar-refractivity contribution >= 4 is 5.97 Å². The molecule has 15 heavy (non-hydrogen) atoms. The Morgan fingerprint density at radius 2 is 2.40 bits per heavy atom. The minimum atomic E-state index is -0.833. The molecule has 82 valence electrons. The molecule has 0 aromatic carbocycles. The molecule has 1 N–H and O–H groups in total. The molecule has 0 spiro atoms. The molecule has 0 unspecified atom stereocenters. The normalized spacial score (nSPS) is 12.3. The number of carboxylic acid groups (broad SMARTS) is 1. The van der Waals surface area contributed by atoms with E-state index in [4.69, 9.17) is 9.84 Å². The average Bonchev–Trinajstić information content (AvgIpc) is 2.18.